The van der Waals surface area contributed by atoms with E-state index in [9.17, 15) is 9.18 Å². The Morgan fingerprint density at radius 1 is 1.35 bits per heavy atom. The van der Waals surface area contributed by atoms with E-state index in [1.54, 1.807) is 19.1 Å². The van der Waals surface area contributed by atoms with Gasteiger partial charge in [0.1, 0.15) is 17.3 Å². The second-order valence-electron chi connectivity index (χ2n) is 4.39. The fourth-order valence-electron chi connectivity index (χ4n) is 1.70. The summed E-state index contributed by atoms with van der Waals surface area (Å²) >= 11 is 3.15. The Balaban J connectivity index is 1.98. The first kappa shape index (κ1) is 14.6. The summed E-state index contributed by atoms with van der Waals surface area (Å²) in [7, 11) is 0. The van der Waals surface area contributed by atoms with Crippen LogP contribution in [0.15, 0.2) is 39.2 Å². The first-order valence-electron chi connectivity index (χ1n) is 6.04. The Bertz CT molecular complexity index is 627. The molecule has 0 saturated carbocycles. The lowest BCUT2D eigenvalue weighted by Crippen LogP contribution is -2.31. The van der Waals surface area contributed by atoms with Crippen molar-refractivity contribution < 1.29 is 13.6 Å². The third-order valence-corrected chi connectivity index (χ3v) is 3.21. The summed E-state index contributed by atoms with van der Waals surface area (Å²) in [6.45, 7) is 3.61. The van der Waals surface area contributed by atoms with Crippen molar-refractivity contribution in [1.82, 2.24) is 5.32 Å². The lowest BCUT2D eigenvalue weighted by Gasteiger charge is -2.13. The molecule has 1 aromatic heterocycles. The second kappa shape index (κ2) is 6.09. The minimum atomic E-state index is -0.504. The van der Waals surface area contributed by atoms with Crippen molar-refractivity contribution in [3.05, 3.63) is 52.1 Å². The predicted molar refractivity (Wildman–Crippen MR) is 78.1 cm³/mol. The summed E-state index contributed by atoms with van der Waals surface area (Å²) in [5.41, 5.74) is 0.119. The van der Waals surface area contributed by atoms with E-state index in [2.05, 4.69) is 26.6 Å². The van der Waals surface area contributed by atoms with Crippen molar-refractivity contribution in [2.75, 3.05) is 5.32 Å². The van der Waals surface area contributed by atoms with Crippen molar-refractivity contribution >= 4 is 27.6 Å². The molecule has 0 aliphatic carbocycles. The zero-order valence-corrected chi connectivity index (χ0v) is 12.6. The highest BCUT2D eigenvalue weighted by Gasteiger charge is 2.14. The van der Waals surface area contributed by atoms with Gasteiger partial charge in [0.25, 0.3) is 0 Å². The van der Waals surface area contributed by atoms with Gasteiger partial charge >= 0.3 is 6.03 Å². The Kier molecular flexibility index (Phi) is 4.44. The fraction of sp³-hybridized carbons (Fsp3) is 0.214. The minimum absolute atomic E-state index is 0.119. The molecule has 1 atom stereocenters. The molecule has 1 heterocycles. The molecule has 0 aliphatic rings. The molecule has 0 aliphatic heterocycles. The number of furan rings is 1. The van der Waals surface area contributed by atoms with Crippen LogP contribution in [-0.2, 0) is 0 Å². The van der Waals surface area contributed by atoms with Crippen molar-refractivity contribution in [2.24, 2.45) is 0 Å². The topological polar surface area (TPSA) is 54.3 Å². The molecule has 2 N–H and O–H groups in total. The van der Waals surface area contributed by atoms with Crippen LogP contribution in [0.3, 0.4) is 0 Å². The van der Waals surface area contributed by atoms with E-state index in [-0.39, 0.29) is 11.7 Å². The summed E-state index contributed by atoms with van der Waals surface area (Å²) < 4.78 is 19.6. The van der Waals surface area contributed by atoms with E-state index < -0.39 is 11.8 Å². The third kappa shape index (κ3) is 3.60. The highest BCUT2D eigenvalue weighted by molar-refractivity contribution is 9.10. The molecular formula is C14H14BrFN2O2. The van der Waals surface area contributed by atoms with Gasteiger partial charge in [-0.2, -0.15) is 0 Å². The molecule has 4 nitrogen and oxygen atoms in total. The van der Waals surface area contributed by atoms with Gasteiger partial charge in [-0.15, -0.1) is 0 Å². The Hall–Kier alpha value is -1.82. The SMILES string of the molecule is Cc1ccc([C@@H](C)NC(=O)Nc2ccc(Br)cc2F)o1. The van der Waals surface area contributed by atoms with Crippen LogP contribution in [0.4, 0.5) is 14.9 Å². The number of amides is 2. The summed E-state index contributed by atoms with van der Waals surface area (Å²) in [6, 6.07) is 7.24. The summed E-state index contributed by atoms with van der Waals surface area (Å²) in [5, 5.41) is 5.13. The summed E-state index contributed by atoms with van der Waals surface area (Å²) in [6.07, 6.45) is 0. The van der Waals surface area contributed by atoms with E-state index in [0.29, 0.717) is 10.2 Å². The number of anilines is 1. The second-order valence-corrected chi connectivity index (χ2v) is 5.31. The van der Waals surface area contributed by atoms with E-state index >= 15 is 0 Å². The van der Waals surface area contributed by atoms with Gasteiger partial charge in [0.15, 0.2) is 0 Å². The number of aryl methyl sites for hydroxylation is 1. The Morgan fingerprint density at radius 3 is 2.70 bits per heavy atom. The molecule has 0 unspecified atom stereocenters. The lowest BCUT2D eigenvalue weighted by molar-refractivity contribution is 0.247. The molecule has 20 heavy (non-hydrogen) atoms. The van der Waals surface area contributed by atoms with Crippen molar-refractivity contribution in [3.8, 4) is 0 Å². The number of hydrogen-bond acceptors (Lipinski definition) is 2. The highest BCUT2D eigenvalue weighted by atomic mass is 79.9. The maximum absolute atomic E-state index is 13.6. The van der Waals surface area contributed by atoms with E-state index in [0.717, 1.165) is 5.76 Å². The van der Waals surface area contributed by atoms with Gasteiger partial charge in [-0.25, -0.2) is 9.18 Å². The average Bonchev–Trinajstić information content (AvgIpc) is 2.79. The molecular weight excluding hydrogens is 327 g/mol. The summed E-state index contributed by atoms with van der Waals surface area (Å²) in [4.78, 5) is 11.8. The number of nitrogens with one attached hydrogen (secondary N) is 2. The number of urea groups is 1. The molecule has 1 aromatic carbocycles. The monoisotopic (exact) mass is 340 g/mol. The first-order chi connectivity index (χ1) is 9.45. The van der Waals surface area contributed by atoms with Crippen LogP contribution in [-0.4, -0.2) is 6.03 Å². The molecule has 2 rings (SSSR count). The third-order valence-electron chi connectivity index (χ3n) is 2.71. The molecule has 0 radical (unpaired) electrons. The molecule has 2 aromatic rings. The van der Waals surface area contributed by atoms with E-state index in [1.165, 1.54) is 12.1 Å². The molecule has 0 bridgehead atoms. The maximum Gasteiger partial charge on any atom is 0.319 e. The fourth-order valence-corrected chi connectivity index (χ4v) is 2.04. The van der Waals surface area contributed by atoms with Crippen LogP contribution in [0.25, 0.3) is 0 Å². The minimum Gasteiger partial charge on any atom is -0.464 e. The normalized spacial score (nSPS) is 12.0. The zero-order chi connectivity index (χ0) is 14.7. The van der Waals surface area contributed by atoms with Gasteiger partial charge in [0.2, 0.25) is 0 Å². The van der Waals surface area contributed by atoms with Gasteiger partial charge in [-0.1, -0.05) is 15.9 Å². The van der Waals surface area contributed by atoms with Gasteiger partial charge in [-0.3, -0.25) is 0 Å². The van der Waals surface area contributed by atoms with Crippen molar-refractivity contribution in [1.29, 1.82) is 0 Å². The standard InChI is InChI=1S/C14H14BrFN2O2/c1-8-3-6-13(20-8)9(2)17-14(19)18-12-5-4-10(15)7-11(12)16/h3-7,9H,1-2H3,(H2,17,18,19)/t9-/m1/s1. The van der Waals surface area contributed by atoms with Crippen LogP contribution in [0.1, 0.15) is 24.5 Å². The molecule has 0 saturated heterocycles. The molecule has 106 valence electrons. The number of rotatable bonds is 3. The molecule has 2 amide bonds. The van der Waals surface area contributed by atoms with Crippen molar-refractivity contribution in [2.45, 2.75) is 19.9 Å². The number of carbonyl (C=O) groups is 1. The zero-order valence-electron chi connectivity index (χ0n) is 11.0. The highest BCUT2D eigenvalue weighted by Crippen LogP contribution is 2.20. The Labute approximate surface area is 124 Å². The average molecular weight is 341 g/mol. The van der Waals surface area contributed by atoms with Gasteiger partial charge in [0, 0.05) is 4.47 Å². The van der Waals surface area contributed by atoms with Gasteiger partial charge < -0.3 is 15.1 Å². The smallest absolute Gasteiger partial charge is 0.319 e. The predicted octanol–water partition coefficient (Wildman–Crippen LogP) is 4.37. The summed E-state index contributed by atoms with van der Waals surface area (Å²) in [5.74, 6) is 0.915. The van der Waals surface area contributed by atoms with Crippen LogP contribution in [0, 0.1) is 12.7 Å². The molecule has 6 heteroatoms. The largest absolute Gasteiger partial charge is 0.464 e. The van der Waals surface area contributed by atoms with Crippen LogP contribution < -0.4 is 10.6 Å². The molecule has 0 fully saturated rings. The van der Waals surface area contributed by atoms with Gasteiger partial charge in [0.05, 0.1) is 11.7 Å². The quantitative estimate of drug-likeness (QED) is 0.871. The van der Waals surface area contributed by atoms with Crippen molar-refractivity contribution in [3.63, 3.8) is 0 Å². The van der Waals surface area contributed by atoms with Crippen LogP contribution in [0.5, 0.6) is 0 Å². The van der Waals surface area contributed by atoms with Crippen LogP contribution in [0.2, 0.25) is 0 Å². The molecule has 0 spiro atoms. The maximum atomic E-state index is 13.6. The number of benzene rings is 1. The number of halogens is 2. The first-order valence-corrected chi connectivity index (χ1v) is 6.84. The van der Waals surface area contributed by atoms with Gasteiger partial charge in [-0.05, 0) is 44.2 Å². The van der Waals surface area contributed by atoms with E-state index in [4.69, 9.17) is 4.42 Å². The number of carbonyl (C=O) groups excluding carboxylic acids is 1. The van der Waals surface area contributed by atoms with Crippen LogP contribution >= 0.6 is 15.9 Å². The lowest BCUT2D eigenvalue weighted by atomic mass is 10.2. The van der Waals surface area contributed by atoms with E-state index in [1.807, 2.05) is 13.0 Å². The number of hydrogen-bond donors (Lipinski definition) is 2. The Morgan fingerprint density at radius 2 is 2.10 bits per heavy atom.